The van der Waals surface area contributed by atoms with Gasteiger partial charge < -0.3 is 10.1 Å². The van der Waals surface area contributed by atoms with E-state index in [9.17, 15) is 4.79 Å². The lowest BCUT2D eigenvalue weighted by atomic mass is 10.1. The Labute approximate surface area is 110 Å². The maximum atomic E-state index is 11.9. The fraction of sp³-hybridized carbons (Fsp3) is 0.533. The maximum Gasteiger partial charge on any atom is 0.261 e. The third-order valence-electron chi connectivity index (χ3n) is 2.66. The Morgan fingerprint density at radius 1 is 1.22 bits per heavy atom. The van der Waals surface area contributed by atoms with Gasteiger partial charge in [0.05, 0.1) is 0 Å². The summed E-state index contributed by atoms with van der Waals surface area (Å²) in [6.45, 7) is 11.7. The van der Waals surface area contributed by atoms with Crippen LogP contribution in [0.15, 0.2) is 18.2 Å². The van der Waals surface area contributed by atoms with E-state index >= 15 is 0 Å². The molecule has 18 heavy (non-hydrogen) atoms. The molecule has 0 saturated carbocycles. The van der Waals surface area contributed by atoms with Crippen LogP contribution in [0, 0.1) is 13.8 Å². The van der Waals surface area contributed by atoms with Crippen molar-refractivity contribution in [2.45, 2.75) is 53.2 Å². The lowest BCUT2D eigenvalue weighted by Crippen LogP contribution is -2.46. The molecule has 0 saturated heterocycles. The average molecular weight is 249 g/mol. The van der Waals surface area contributed by atoms with Gasteiger partial charge in [0.25, 0.3) is 5.91 Å². The molecule has 0 heterocycles. The molecule has 0 aliphatic carbocycles. The molecule has 0 spiro atoms. The van der Waals surface area contributed by atoms with E-state index < -0.39 is 6.10 Å². The predicted octanol–water partition coefficient (Wildman–Crippen LogP) is 2.99. The number of carbonyl (C=O) groups is 1. The highest BCUT2D eigenvalue weighted by molar-refractivity contribution is 5.81. The number of amides is 1. The van der Waals surface area contributed by atoms with Gasteiger partial charge in [0.15, 0.2) is 6.10 Å². The van der Waals surface area contributed by atoms with Gasteiger partial charge in [-0.1, -0.05) is 6.07 Å². The summed E-state index contributed by atoms with van der Waals surface area (Å²) in [5, 5.41) is 2.90. The topological polar surface area (TPSA) is 38.3 Å². The summed E-state index contributed by atoms with van der Waals surface area (Å²) < 4.78 is 5.65. The summed E-state index contributed by atoms with van der Waals surface area (Å²) in [6.07, 6.45) is -0.494. The molecule has 3 nitrogen and oxygen atoms in total. The average Bonchev–Trinajstić information content (AvgIpc) is 2.21. The Bertz CT molecular complexity index is 433. The third kappa shape index (κ3) is 4.40. The van der Waals surface area contributed by atoms with Crippen molar-refractivity contribution in [3.05, 3.63) is 29.3 Å². The SMILES string of the molecule is Cc1ccc(O[C@H](C)C(=O)NC(C)(C)C)cc1C. The highest BCUT2D eigenvalue weighted by Crippen LogP contribution is 2.17. The van der Waals surface area contributed by atoms with Gasteiger partial charge in [0, 0.05) is 5.54 Å². The van der Waals surface area contributed by atoms with Crippen molar-refractivity contribution in [2.75, 3.05) is 0 Å². The lowest BCUT2D eigenvalue weighted by molar-refractivity contribution is -0.128. The summed E-state index contributed by atoms with van der Waals surface area (Å²) in [7, 11) is 0. The van der Waals surface area contributed by atoms with Crippen molar-refractivity contribution in [1.29, 1.82) is 0 Å². The molecule has 1 N–H and O–H groups in total. The molecule has 100 valence electrons. The monoisotopic (exact) mass is 249 g/mol. The van der Waals surface area contributed by atoms with Crippen LogP contribution in [0.4, 0.5) is 0 Å². The van der Waals surface area contributed by atoms with Crippen molar-refractivity contribution in [2.24, 2.45) is 0 Å². The zero-order chi connectivity index (χ0) is 13.9. The molecular formula is C15H23NO2. The fourth-order valence-corrected chi connectivity index (χ4v) is 1.52. The van der Waals surface area contributed by atoms with Crippen molar-refractivity contribution in [3.63, 3.8) is 0 Å². The number of rotatable bonds is 3. The number of ether oxygens (including phenoxy) is 1. The third-order valence-corrected chi connectivity index (χ3v) is 2.66. The van der Waals surface area contributed by atoms with Crippen molar-refractivity contribution in [3.8, 4) is 5.75 Å². The van der Waals surface area contributed by atoms with Gasteiger partial charge in [-0.3, -0.25) is 4.79 Å². The second kappa shape index (κ2) is 5.42. The molecule has 1 rings (SSSR count). The molecule has 0 aliphatic rings. The molecular weight excluding hydrogens is 226 g/mol. The molecule has 0 bridgehead atoms. The van der Waals surface area contributed by atoms with Gasteiger partial charge in [-0.05, 0) is 64.8 Å². The van der Waals surface area contributed by atoms with Crippen LogP contribution in [0.5, 0.6) is 5.75 Å². The molecule has 0 aromatic heterocycles. The summed E-state index contributed by atoms with van der Waals surface area (Å²) in [5.41, 5.74) is 2.14. The zero-order valence-corrected chi connectivity index (χ0v) is 12.1. The number of carbonyl (C=O) groups excluding carboxylic acids is 1. The molecule has 0 fully saturated rings. The molecule has 1 amide bonds. The molecule has 1 aromatic rings. The van der Waals surface area contributed by atoms with E-state index in [0.717, 1.165) is 11.3 Å². The summed E-state index contributed by atoms with van der Waals surface area (Å²) >= 11 is 0. The van der Waals surface area contributed by atoms with Crippen LogP contribution < -0.4 is 10.1 Å². The zero-order valence-electron chi connectivity index (χ0n) is 12.1. The van der Waals surface area contributed by atoms with E-state index in [4.69, 9.17) is 4.74 Å². The largest absolute Gasteiger partial charge is 0.481 e. The van der Waals surface area contributed by atoms with Crippen LogP contribution in [0.3, 0.4) is 0 Å². The second-order valence-electron chi connectivity index (χ2n) is 5.75. The first-order valence-electron chi connectivity index (χ1n) is 6.25. The number of nitrogens with one attached hydrogen (secondary N) is 1. The Kier molecular flexibility index (Phi) is 4.38. The van der Waals surface area contributed by atoms with Gasteiger partial charge in [0.1, 0.15) is 5.75 Å². The van der Waals surface area contributed by atoms with E-state index in [0.29, 0.717) is 0 Å². The van der Waals surface area contributed by atoms with Crippen molar-refractivity contribution >= 4 is 5.91 Å². The van der Waals surface area contributed by atoms with Gasteiger partial charge in [-0.2, -0.15) is 0 Å². The molecule has 0 aliphatic heterocycles. The molecule has 3 heteroatoms. The van der Waals surface area contributed by atoms with E-state index in [2.05, 4.69) is 12.2 Å². The fourth-order valence-electron chi connectivity index (χ4n) is 1.52. The second-order valence-corrected chi connectivity index (χ2v) is 5.75. The van der Waals surface area contributed by atoms with Crippen LogP contribution in [0.25, 0.3) is 0 Å². The molecule has 0 radical (unpaired) electrons. The minimum absolute atomic E-state index is 0.0965. The molecule has 0 unspecified atom stereocenters. The highest BCUT2D eigenvalue weighted by Gasteiger charge is 2.20. The number of benzene rings is 1. The maximum absolute atomic E-state index is 11.9. The normalized spacial score (nSPS) is 13.0. The van der Waals surface area contributed by atoms with E-state index in [-0.39, 0.29) is 11.4 Å². The summed E-state index contributed by atoms with van der Waals surface area (Å²) in [5.74, 6) is 0.635. The van der Waals surface area contributed by atoms with Crippen LogP contribution in [0.2, 0.25) is 0 Å². The minimum atomic E-state index is -0.494. The van der Waals surface area contributed by atoms with Gasteiger partial charge >= 0.3 is 0 Å². The van der Waals surface area contributed by atoms with Crippen LogP contribution in [-0.4, -0.2) is 17.6 Å². The Balaban J connectivity index is 2.66. The molecule has 1 aromatic carbocycles. The van der Waals surface area contributed by atoms with Crippen molar-refractivity contribution < 1.29 is 9.53 Å². The first kappa shape index (κ1) is 14.6. The standard InChI is InChI=1S/C15H23NO2/c1-10-7-8-13(9-11(10)2)18-12(3)14(17)16-15(4,5)6/h7-9,12H,1-6H3,(H,16,17)/t12-/m1/s1. The van der Waals surface area contributed by atoms with Crippen LogP contribution >= 0.6 is 0 Å². The van der Waals surface area contributed by atoms with Gasteiger partial charge in [0.2, 0.25) is 0 Å². The Morgan fingerprint density at radius 2 is 1.83 bits per heavy atom. The smallest absolute Gasteiger partial charge is 0.261 e. The van der Waals surface area contributed by atoms with Crippen molar-refractivity contribution in [1.82, 2.24) is 5.32 Å². The molecule has 1 atom stereocenters. The van der Waals surface area contributed by atoms with E-state index in [1.54, 1.807) is 6.92 Å². The number of aryl methyl sites for hydroxylation is 2. The Hall–Kier alpha value is -1.51. The number of hydrogen-bond acceptors (Lipinski definition) is 2. The van der Waals surface area contributed by atoms with E-state index in [1.165, 1.54) is 5.56 Å². The minimum Gasteiger partial charge on any atom is -0.481 e. The quantitative estimate of drug-likeness (QED) is 0.894. The van der Waals surface area contributed by atoms with Crippen LogP contribution in [0.1, 0.15) is 38.8 Å². The first-order chi connectivity index (χ1) is 8.19. The van der Waals surface area contributed by atoms with E-state index in [1.807, 2.05) is 45.9 Å². The first-order valence-corrected chi connectivity index (χ1v) is 6.25. The Morgan fingerprint density at radius 3 is 2.33 bits per heavy atom. The summed E-state index contributed by atoms with van der Waals surface area (Å²) in [4.78, 5) is 11.9. The summed E-state index contributed by atoms with van der Waals surface area (Å²) in [6, 6.07) is 5.85. The predicted molar refractivity (Wildman–Crippen MR) is 73.9 cm³/mol. The highest BCUT2D eigenvalue weighted by atomic mass is 16.5. The van der Waals surface area contributed by atoms with Crippen LogP contribution in [-0.2, 0) is 4.79 Å². The van der Waals surface area contributed by atoms with Gasteiger partial charge in [-0.15, -0.1) is 0 Å². The lowest BCUT2D eigenvalue weighted by Gasteiger charge is -2.23. The van der Waals surface area contributed by atoms with Gasteiger partial charge in [-0.25, -0.2) is 0 Å². The number of hydrogen-bond donors (Lipinski definition) is 1.